The van der Waals surface area contributed by atoms with E-state index in [-0.39, 0.29) is 24.3 Å². The van der Waals surface area contributed by atoms with E-state index in [1.54, 1.807) is 0 Å². The number of hydrogen-bond donors (Lipinski definition) is 2. The number of nitrogens with one attached hydrogen (secondary N) is 1. The van der Waals surface area contributed by atoms with Gasteiger partial charge >= 0.3 is 5.97 Å². The third-order valence-corrected chi connectivity index (χ3v) is 4.73. The van der Waals surface area contributed by atoms with E-state index in [9.17, 15) is 9.59 Å². The Labute approximate surface area is 148 Å². The first-order valence-electron chi connectivity index (χ1n) is 7.70. The molecule has 0 saturated carbocycles. The Morgan fingerprint density at radius 2 is 2.20 bits per heavy atom. The molecule has 0 radical (unpaired) electrons. The fourth-order valence-corrected chi connectivity index (χ4v) is 3.20. The molecule has 2 N–H and O–H groups in total. The monoisotopic (exact) mass is 363 g/mol. The van der Waals surface area contributed by atoms with Gasteiger partial charge in [-0.15, -0.1) is 5.10 Å². The zero-order chi connectivity index (χ0) is 17.8. The number of carboxylic acid groups (broad SMARTS) is 1. The molecule has 0 unspecified atom stereocenters. The van der Waals surface area contributed by atoms with E-state index < -0.39 is 11.2 Å². The molecule has 1 aromatic carbocycles. The number of aliphatic carboxylic acids is 1. The first kappa shape index (κ1) is 17.3. The molecular formula is C16H17N3O5S. The summed E-state index contributed by atoms with van der Waals surface area (Å²) < 4.78 is 10.6. The summed E-state index contributed by atoms with van der Waals surface area (Å²) in [5, 5.41) is 19.0. The molecule has 9 heteroatoms. The van der Waals surface area contributed by atoms with Crippen molar-refractivity contribution in [3.8, 4) is 11.5 Å². The van der Waals surface area contributed by atoms with E-state index in [1.807, 2.05) is 25.1 Å². The van der Waals surface area contributed by atoms with Crippen molar-refractivity contribution in [1.82, 2.24) is 5.32 Å². The lowest BCUT2D eigenvalue weighted by atomic mass is 10.1. The van der Waals surface area contributed by atoms with Gasteiger partial charge in [0.15, 0.2) is 16.7 Å². The van der Waals surface area contributed by atoms with Crippen LogP contribution < -0.4 is 14.8 Å². The van der Waals surface area contributed by atoms with Crippen LogP contribution in [-0.4, -0.2) is 39.9 Å². The van der Waals surface area contributed by atoms with Gasteiger partial charge in [0.05, 0.1) is 0 Å². The van der Waals surface area contributed by atoms with Crippen molar-refractivity contribution in [1.29, 1.82) is 0 Å². The number of ether oxygens (including phenoxy) is 2. The maximum Gasteiger partial charge on any atom is 0.317 e. The third kappa shape index (κ3) is 4.50. The van der Waals surface area contributed by atoms with Gasteiger partial charge in [-0.1, -0.05) is 17.8 Å². The number of benzene rings is 1. The molecule has 0 aliphatic carbocycles. The minimum absolute atomic E-state index is 0.0637. The lowest BCUT2D eigenvalue weighted by Gasteiger charge is -2.18. The van der Waals surface area contributed by atoms with Crippen molar-refractivity contribution >= 4 is 34.5 Å². The minimum Gasteiger partial charge on any atom is -0.480 e. The first-order chi connectivity index (χ1) is 12.0. The molecule has 0 spiro atoms. The number of fused-ring (bicyclic) bond motifs is 1. The molecule has 1 amide bonds. The Balaban J connectivity index is 1.58. The summed E-state index contributed by atoms with van der Waals surface area (Å²) in [6.07, 6.45) is 1.37. The van der Waals surface area contributed by atoms with Gasteiger partial charge in [-0.25, -0.2) is 0 Å². The molecule has 0 bridgehead atoms. The van der Waals surface area contributed by atoms with Crippen molar-refractivity contribution in [3.05, 3.63) is 23.8 Å². The van der Waals surface area contributed by atoms with E-state index in [1.165, 1.54) is 0 Å². The number of hydrogen-bond acceptors (Lipinski definition) is 7. The summed E-state index contributed by atoms with van der Waals surface area (Å²) in [6, 6.07) is 5.79. The smallest absolute Gasteiger partial charge is 0.317 e. The lowest BCUT2D eigenvalue weighted by Crippen LogP contribution is -2.40. The maximum atomic E-state index is 11.5. The number of amidine groups is 1. The fourth-order valence-electron chi connectivity index (χ4n) is 2.33. The highest BCUT2D eigenvalue weighted by molar-refractivity contribution is 8.15. The van der Waals surface area contributed by atoms with Crippen LogP contribution >= 0.6 is 11.8 Å². The molecule has 0 aromatic heterocycles. The highest BCUT2D eigenvalue weighted by Gasteiger charge is 2.29. The number of carbonyl (C=O) groups excluding carboxylic acids is 1. The number of thioether (sulfide) groups is 1. The highest BCUT2D eigenvalue weighted by Crippen LogP contribution is 2.32. The predicted molar refractivity (Wildman–Crippen MR) is 93.2 cm³/mol. The zero-order valence-electron chi connectivity index (χ0n) is 13.5. The van der Waals surface area contributed by atoms with Gasteiger partial charge in [0.2, 0.25) is 12.7 Å². The molecule has 1 aromatic rings. The van der Waals surface area contributed by atoms with Gasteiger partial charge in [0.25, 0.3) is 0 Å². The van der Waals surface area contributed by atoms with Crippen LogP contribution in [0.4, 0.5) is 0 Å². The van der Waals surface area contributed by atoms with Crippen LogP contribution in [0.5, 0.6) is 11.5 Å². The Hall–Kier alpha value is -2.55. The summed E-state index contributed by atoms with van der Waals surface area (Å²) >= 11 is 0.994. The zero-order valence-corrected chi connectivity index (χ0v) is 14.3. The second kappa shape index (κ2) is 7.56. The van der Waals surface area contributed by atoms with Crippen LogP contribution in [-0.2, 0) is 16.0 Å². The molecule has 2 heterocycles. The molecule has 25 heavy (non-hydrogen) atoms. The molecule has 132 valence electrons. The van der Waals surface area contributed by atoms with Crippen molar-refractivity contribution < 1.29 is 24.2 Å². The van der Waals surface area contributed by atoms with Crippen molar-refractivity contribution in [2.45, 2.75) is 31.4 Å². The molecule has 1 atom stereocenters. The standard InChI is InChI=1S/C16H17N3O5S/c1-9(2-3-10-4-5-11-12(6-10)24-8-23-11)18-19-16-17-14(20)7-13(25-16)15(21)22/h4-6,13H,2-3,7-8H2,1H3,(H,21,22)(H,17,19,20)/b18-9-/t13-/m1/s1. The molecule has 1 saturated heterocycles. The van der Waals surface area contributed by atoms with Crippen molar-refractivity contribution in [3.63, 3.8) is 0 Å². The topological polar surface area (TPSA) is 110 Å². The largest absolute Gasteiger partial charge is 0.480 e. The molecule has 2 aliphatic heterocycles. The van der Waals surface area contributed by atoms with Crippen molar-refractivity contribution in [2.75, 3.05) is 6.79 Å². The Morgan fingerprint density at radius 1 is 1.40 bits per heavy atom. The van der Waals surface area contributed by atoms with Crippen LogP contribution in [0.25, 0.3) is 0 Å². The van der Waals surface area contributed by atoms with Gasteiger partial charge in [-0.2, -0.15) is 5.10 Å². The number of aryl methyl sites for hydroxylation is 1. The Kier molecular flexibility index (Phi) is 5.22. The van der Waals surface area contributed by atoms with E-state index in [4.69, 9.17) is 14.6 Å². The summed E-state index contributed by atoms with van der Waals surface area (Å²) in [6.45, 7) is 2.08. The van der Waals surface area contributed by atoms with E-state index in [0.29, 0.717) is 6.42 Å². The Morgan fingerprint density at radius 3 is 3.00 bits per heavy atom. The van der Waals surface area contributed by atoms with Crippen molar-refractivity contribution in [2.24, 2.45) is 10.2 Å². The average Bonchev–Trinajstić information content (AvgIpc) is 3.05. The minimum atomic E-state index is -1.03. The number of amides is 1. The Bertz CT molecular complexity index is 762. The van der Waals surface area contributed by atoms with Gasteiger partial charge in [-0.05, 0) is 37.5 Å². The summed E-state index contributed by atoms with van der Waals surface area (Å²) in [5.74, 6) is 0.0983. The van der Waals surface area contributed by atoms with Crippen LogP contribution in [0.15, 0.2) is 28.4 Å². The molecular weight excluding hydrogens is 346 g/mol. The number of rotatable bonds is 5. The number of nitrogens with zero attached hydrogens (tertiary/aromatic N) is 2. The van der Waals surface area contributed by atoms with Gasteiger partial charge < -0.3 is 19.9 Å². The SMILES string of the molecule is C/C(CCc1ccc2c(c1)OCO2)=N/N=C1\NC(=O)C[C@H](C(=O)O)S1. The summed E-state index contributed by atoms with van der Waals surface area (Å²) in [5.41, 5.74) is 1.87. The van der Waals surface area contributed by atoms with E-state index in [0.717, 1.165) is 41.0 Å². The summed E-state index contributed by atoms with van der Waals surface area (Å²) in [7, 11) is 0. The average molecular weight is 363 g/mol. The maximum absolute atomic E-state index is 11.5. The van der Waals surface area contributed by atoms with Gasteiger partial charge in [0.1, 0.15) is 5.25 Å². The summed E-state index contributed by atoms with van der Waals surface area (Å²) in [4.78, 5) is 22.5. The molecule has 2 aliphatic rings. The van der Waals surface area contributed by atoms with E-state index in [2.05, 4.69) is 15.5 Å². The predicted octanol–water partition coefficient (Wildman–Crippen LogP) is 1.79. The number of carbonyl (C=O) groups is 2. The molecule has 8 nitrogen and oxygen atoms in total. The van der Waals surface area contributed by atoms with Crippen LogP contribution in [0.2, 0.25) is 0 Å². The van der Waals surface area contributed by atoms with E-state index >= 15 is 0 Å². The van der Waals surface area contributed by atoms with Crippen LogP contribution in [0, 0.1) is 0 Å². The molecule has 3 rings (SSSR count). The third-order valence-electron chi connectivity index (χ3n) is 3.67. The van der Waals surface area contributed by atoms with Crippen LogP contribution in [0.3, 0.4) is 0 Å². The fraction of sp³-hybridized carbons (Fsp3) is 0.375. The highest BCUT2D eigenvalue weighted by atomic mass is 32.2. The second-order valence-corrected chi connectivity index (χ2v) is 6.82. The number of carboxylic acids is 1. The first-order valence-corrected chi connectivity index (χ1v) is 8.58. The van der Waals surface area contributed by atoms with Gasteiger partial charge in [0, 0.05) is 12.1 Å². The quantitative estimate of drug-likeness (QED) is 0.610. The normalized spacial score (nSPS) is 21.3. The second-order valence-electron chi connectivity index (χ2n) is 5.63. The lowest BCUT2D eigenvalue weighted by molar-refractivity contribution is -0.138. The van der Waals surface area contributed by atoms with Crippen LogP contribution in [0.1, 0.15) is 25.3 Å². The van der Waals surface area contributed by atoms with Gasteiger partial charge in [-0.3, -0.25) is 9.59 Å². The molecule has 1 fully saturated rings.